The van der Waals surface area contributed by atoms with Crippen molar-refractivity contribution in [3.63, 3.8) is 0 Å². The number of ketones is 1. The second kappa shape index (κ2) is 11.8. The lowest BCUT2D eigenvalue weighted by Crippen LogP contribution is -2.47. The molecule has 2 aromatic carbocycles. The van der Waals surface area contributed by atoms with Gasteiger partial charge in [0, 0.05) is 63.0 Å². The number of hydroxylamine groups is 2. The van der Waals surface area contributed by atoms with Crippen LogP contribution in [-0.4, -0.2) is 55.0 Å². The molecule has 7 nitrogen and oxygen atoms in total. The van der Waals surface area contributed by atoms with Crippen molar-refractivity contribution in [2.75, 3.05) is 43.0 Å². The van der Waals surface area contributed by atoms with Crippen molar-refractivity contribution in [1.29, 1.82) is 0 Å². The van der Waals surface area contributed by atoms with Crippen LogP contribution in [0, 0.1) is 6.92 Å². The van der Waals surface area contributed by atoms with E-state index in [4.69, 9.17) is 16.4 Å². The lowest BCUT2D eigenvalue weighted by Gasteiger charge is -2.37. The first-order valence-electron chi connectivity index (χ1n) is 12.1. The Morgan fingerprint density at radius 1 is 0.974 bits per heavy atom. The first kappa shape index (κ1) is 28.0. The number of piperazine rings is 1. The van der Waals surface area contributed by atoms with E-state index in [1.54, 1.807) is 24.3 Å². The number of pyridine rings is 1. The minimum absolute atomic E-state index is 0.0373. The van der Waals surface area contributed by atoms with E-state index in [2.05, 4.69) is 9.88 Å². The van der Waals surface area contributed by atoms with Crippen LogP contribution in [0.25, 0.3) is 0 Å². The van der Waals surface area contributed by atoms with Gasteiger partial charge >= 0.3 is 12.1 Å². The van der Waals surface area contributed by atoms with E-state index in [1.165, 1.54) is 24.4 Å². The summed E-state index contributed by atoms with van der Waals surface area (Å²) in [6.45, 7) is 4.17. The van der Waals surface area contributed by atoms with Crippen LogP contribution in [0.4, 0.5) is 24.7 Å². The molecule has 11 heteroatoms. The fraction of sp³-hybridized carbons (Fsp3) is 0.250. The second-order valence-electron chi connectivity index (χ2n) is 9.02. The molecule has 2 heterocycles. The maximum Gasteiger partial charge on any atom is 0.417 e. The number of allylic oxidation sites excluding steroid dienone is 1. The molecule has 0 bridgehead atoms. The highest BCUT2D eigenvalue weighted by Crippen LogP contribution is 2.34. The Balaban J connectivity index is 1.30. The van der Waals surface area contributed by atoms with E-state index in [9.17, 15) is 22.8 Å². The molecule has 0 unspecified atom stereocenters. The number of rotatable bonds is 7. The first-order chi connectivity index (χ1) is 18.5. The lowest BCUT2D eigenvalue weighted by atomic mass is 10.1. The molecule has 1 aromatic heterocycles. The Morgan fingerprint density at radius 3 is 2.15 bits per heavy atom. The minimum Gasteiger partial charge on any atom is -0.368 e. The SMILES string of the molecule is Cc1ccc(C(=O)ON(C)C=CC(=O)c2ccc(N3CCN(c4ncc(C(F)(F)F)cc4Cl)CC3)cc2)cc1. The van der Waals surface area contributed by atoms with E-state index >= 15 is 0 Å². The van der Waals surface area contributed by atoms with Gasteiger partial charge in [-0.15, -0.1) is 0 Å². The molecule has 0 N–H and O–H groups in total. The number of aromatic nitrogens is 1. The number of carbonyl (C=O) groups is 2. The maximum absolute atomic E-state index is 12.9. The highest BCUT2D eigenvalue weighted by atomic mass is 35.5. The highest BCUT2D eigenvalue weighted by molar-refractivity contribution is 6.33. The molecular weight excluding hydrogens is 533 g/mol. The average Bonchev–Trinajstić information content (AvgIpc) is 2.92. The van der Waals surface area contributed by atoms with Crippen LogP contribution >= 0.6 is 11.6 Å². The Hall–Kier alpha value is -4.05. The second-order valence-corrected chi connectivity index (χ2v) is 9.43. The number of halogens is 4. The Labute approximate surface area is 229 Å². The normalized spacial score (nSPS) is 14.0. The van der Waals surface area contributed by atoms with Crippen LogP contribution in [0.15, 0.2) is 73.1 Å². The maximum atomic E-state index is 12.9. The number of nitrogens with zero attached hydrogens (tertiary/aromatic N) is 4. The molecule has 39 heavy (non-hydrogen) atoms. The Kier molecular flexibility index (Phi) is 8.44. The van der Waals surface area contributed by atoms with Gasteiger partial charge in [0.2, 0.25) is 0 Å². The zero-order valence-electron chi connectivity index (χ0n) is 21.3. The van der Waals surface area contributed by atoms with E-state index in [-0.39, 0.29) is 10.8 Å². The van der Waals surface area contributed by atoms with Crippen molar-refractivity contribution in [1.82, 2.24) is 10.0 Å². The molecule has 0 spiro atoms. The predicted octanol–water partition coefficient (Wildman–Crippen LogP) is 5.79. The summed E-state index contributed by atoms with van der Waals surface area (Å²) in [6, 6.07) is 14.9. The van der Waals surface area contributed by atoms with Crippen molar-refractivity contribution in [2.24, 2.45) is 0 Å². The Bertz CT molecular complexity index is 1350. The summed E-state index contributed by atoms with van der Waals surface area (Å²) in [5.41, 5.74) is 1.93. The van der Waals surface area contributed by atoms with Gasteiger partial charge in [-0.2, -0.15) is 13.2 Å². The van der Waals surface area contributed by atoms with Gasteiger partial charge in [-0.1, -0.05) is 29.3 Å². The third-order valence-electron chi connectivity index (χ3n) is 6.20. The quantitative estimate of drug-likeness (QED) is 0.207. The van der Waals surface area contributed by atoms with Crippen LogP contribution in [0.5, 0.6) is 0 Å². The molecule has 1 aliphatic rings. The monoisotopic (exact) mass is 558 g/mol. The molecule has 0 atom stereocenters. The fourth-order valence-corrected chi connectivity index (χ4v) is 4.29. The van der Waals surface area contributed by atoms with E-state index in [1.807, 2.05) is 36.1 Å². The van der Waals surface area contributed by atoms with Crippen LogP contribution in [0.2, 0.25) is 5.02 Å². The minimum atomic E-state index is -4.50. The summed E-state index contributed by atoms with van der Waals surface area (Å²) < 4.78 is 38.7. The number of benzene rings is 2. The number of anilines is 2. The summed E-state index contributed by atoms with van der Waals surface area (Å²) in [6.07, 6.45) is -1.01. The summed E-state index contributed by atoms with van der Waals surface area (Å²) in [7, 11) is 1.52. The van der Waals surface area contributed by atoms with E-state index in [0.29, 0.717) is 43.1 Å². The van der Waals surface area contributed by atoms with E-state index in [0.717, 1.165) is 23.5 Å². The number of alkyl halides is 3. The molecule has 0 aliphatic carbocycles. The van der Waals surface area contributed by atoms with Gasteiger partial charge in [-0.25, -0.2) is 14.8 Å². The molecule has 1 aliphatic heterocycles. The van der Waals surface area contributed by atoms with Gasteiger partial charge in [-0.3, -0.25) is 4.79 Å². The van der Waals surface area contributed by atoms with Crippen molar-refractivity contribution >= 4 is 34.9 Å². The summed E-state index contributed by atoms with van der Waals surface area (Å²) in [5, 5.41) is 1.14. The smallest absolute Gasteiger partial charge is 0.368 e. The lowest BCUT2D eigenvalue weighted by molar-refractivity contribution is -0.137. The average molecular weight is 559 g/mol. The predicted molar refractivity (Wildman–Crippen MR) is 143 cm³/mol. The molecule has 0 amide bonds. The zero-order chi connectivity index (χ0) is 28.2. The van der Waals surface area contributed by atoms with Gasteiger partial charge in [-0.05, 0) is 49.4 Å². The molecule has 204 valence electrons. The summed E-state index contributed by atoms with van der Waals surface area (Å²) >= 11 is 6.09. The molecule has 1 fully saturated rings. The van der Waals surface area contributed by atoms with Gasteiger partial charge < -0.3 is 14.6 Å². The molecule has 1 saturated heterocycles. The molecule has 0 saturated carbocycles. The number of hydrogen-bond acceptors (Lipinski definition) is 7. The highest BCUT2D eigenvalue weighted by Gasteiger charge is 2.32. The molecular formula is C28H26ClF3N4O3. The number of carbonyl (C=O) groups excluding carboxylic acids is 2. The van der Waals surface area contributed by atoms with Crippen molar-refractivity contribution in [3.8, 4) is 0 Å². The van der Waals surface area contributed by atoms with Crippen LogP contribution in [0.3, 0.4) is 0 Å². The van der Waals surface area contributed by atoms with E-state index < -0.39 is 17.7 Å². The Morgan fingerprint density at radius 2 is 1.56 bits per heavy atom. The van der Waals surface area contributed by atoms with Crippen LogP contribution < -0.4 is 9.80 Å². The van der Waals surface area contributed by atoms with Gasteiger partial charge in [0.1, 0.15) is 5.82 Å². The van der Waals surface area contributed by atoms with Crippen molar-refractivity contribution < 1.29 is 27.6 Å². The third-order valence-corrected chi connectivity index (χ3v) is 6.47. The van der Waals surface area contributed by atoms with Gasteiger partial charge in [0.25, 0.3) is 0 Å². The van der Waals surface area contributed by atoms with Crippen molar-refractivity contribution in [3.05, 3.63) is 100 Å². The first-order valence-corrected chi connectivity index (χ1v) is 12.5. The molecule has 0 radical (unpaired) electrons. The molecule has 3 aromatic rings. The number of hydrogen-bond donors (Lipinski definition) is 0. The standard InChI is InChI=1S/C28H26ClF3N4O3/c1-19-3-5-21(6-4-19)27(38)39-34(2)12-11-25(37)20-7-9-23(10-8-20)35-13-15-36(16-14-35)26-24(29)17-22(18-33-26)28(30,31)32/h3-12,17-18H,13-16H2,1-2H3. The van der Waals surface area contributed by atoms with Crippen molar-refractivity contribution in [2.45, 2.75) is 13.1 Å². The molecule has 4 rings (SSSR count). The number of aryl methyl sites for hydroxylation is 1. The third kappa shape index (κ3) is 7.08. The topological polar surface area (TPSA) is 66.0 Å². The summed E-state index contributed by atoms with van der Waals surface area (Å²) in [5.74, 6) is -0.463. The fourth-order valence-electron chi connectivity index (χ4n) is 4.00. The zero-order valence-corrected chi connectivity index (χ0v) is 22.0. The van der Waals surface area contributed by atoms with Gasteiger partial charge in [0.05, 0.1) is 16.1 Å². The van der Waals surface area contributed by atoms with Crippen LogP contribution in [-0.2, 0) is 11.0 Å². The largest absolute Gasteiger partial charge is 0.417 e. The van der Waals surface area contributed by atoms with Gasteiger partial charge in [0.15, 0.2) is 5.78 Å². The summed E-state index contributed by atoms with van der Waals surface area (Å²) in [4.78, 5) is 37.9. The van der Waals surface area contributed by atoms with Crippen LogP contribution in [0.1, 0.15) is 31.8 Å².